The average Bonchev–Trinajstić information content (AvgIpc) is 3.62. The van der Waals surface area contributed by atoms with Gasteiger partial charge in [-0.2, -0.15) is 0 Å². The third kappa shape index (κ3) is 5.44. The van der Waals surface area contributed by atoms with E-state index in [0.717, 1.165) is 44.6 Å². The van der Waals surface area contributed by atoms with Crippen molar-refractivity contribution in [3.8, 4) is 11.5 Å². The number of ether oxygens (including phenoxy) is 1. The molecule has 2 heterocycles. The summed E-state index contributed by atoms with van der Waals surface area (Å²) in [4.78, 5) is 11.2. The summed E-state index contributed by atoms with van der Waals surface area (Å²) in [6.07, 6.45) is 14.0. The second-order valence-electron chi connectivity index (χ2n) is 11.9. The van der Waals surface area contributed by atoms with Crippen LogP contribution in [0.2, 0.25) is 0 Å². The minimum Gasteiger partial charge on any atom is -0.451 e. The Morgan fingerprint density at radius 1 is 1.14 bits per heavy atom. The summed E-state index contributed by atoms with van der Waals surface area (Å²) in [6, 6.07) is 4.39. The number of aromatic nitrogens is 2. The predicted molar refractivity (Wildman–Crippen MR) is 142 cm³/mol. The quantitative estimate of drug-likeness (QED) is 0.459. The van der Waals surface area contributed by atoms with Crippen molar-refractivity contribution in [2.75, 3.05) is 18.0 Å². The SMILES string of the molecule is CC(C)(C)S(=O)NC(c1cc(F)ccc1Oc1cncnc1N1CCC2(CCCC2)C1)C1CCCC1. The zero-order valence-electron chi connectivity index (χ0n) is 21.8. The minimum atomic E-state index is -1.30. The van der Waals surface area contributed by atoms with Crippen molar-refractivity contribution in [1.82, 2.24) is 14.7 Å². The summed E-state index contributed by atoms with van der Waals surface area (Å²) in [5.41, 5.74) is 1.11. The van der Waals surface area contributed by atoms with E-state index >= 15 is 0 Å². The van der Waals surface area contributed by atoms with E-state index in [1.54, 1.807) is 18.6 Å². The molecule has 8 heteroatoms. The van der Waals surface area contributed by atoms with Crippen molar-refractivity contribution in [1.29, 1.82) is 0 Å². The number of nitrogens with one attached hydrogen (secondary N) is 1. The maximum Gasteiger partial charge on any atom is 0.188 e. The molecule has 2 aromatic rings. The number of rotatable bonds is 7. The number of hydrogen-bond acceptors (Lipinski definition) is 5. The van der Waals surface area contributed by atoms with Crippen LogP contribution < -0.4 is 14.4 Å². The molecule has 36 heavy (non-hydrogen) atoms. The summed E-state index contributed by atoms with van der Waals surface area (Å²) in [5.74, 6) is 1.90. The fourth-order valence-corrected chi connectivity index (χ4v) is 7.14. The molecule has 5 rings (SSSR count). The topological polar surface area (TPSA) is 67.3 Å². The average molecular weight is 515 g/mol. The fraction of sp³-hybridized carbons (Fsp3) is 0.643. The second-order valence-corrected chi connectivity index (χ2v) is 13.9. The Labute approximate surface area is 217 Å². The Hall–Kier alpha value is -2.06. The third-order valence-corrected chi connectivity index (χ3v) is 9.83. The summed E-state index contributed by atoms with van der Waals surface area (Å²) < 4.78 is 37.2. The first-order chi connectivity index (χ1) is 17.2. The van der Waals surface area contributed by atoms with Crippen LogP contribution in [0, 0.1) is 17.2 Å². The van der Waals surface area contributed by atoms with Gasteiger partial charge in [-0.15, -0.1) is 0 Å². The summed E-state index contributed by atoms with van der Waals surface area (Å²) >= 11 is 0. The highest BCUT2D eigenvalue weighted by Crippen LogP contribution is 2.48. The highest BCUT2D eigenvalue weighted by atomic mass is 32.2. The van der Waals surface area contributed by atoms with Gasteiger partial charge in [-0.05, 0) is 82.4 Å². The van der Waals surface area contributed by atoms with Gasteiger partial charge in [-0.1, -0.05) is 25.7 Å². The van der Waals surface area contributed by atoms with Crippen molar-refractivity contribution in [2.45, 2.75) is 89.3 Å². The van der Waals surface area contributed by atoms with E-state index in [2.05, 4.69) is 19.6 Å². The molecule has 3 fully saturated rings. The molecule has 1 spiro atoms. The fourth-order valence-electron chi connectivity index (χ4n) is 6.24. The molecule has 3 aliphatic rings. The lowest BCUT2D eigenvalue weighted by molar-refractivity contribution is 0.340. The van der Waals surface area contributed by atoms with E-state index in [-0.39, 0.29) is 17.8 Å². The number of hydrogen-bond donors (Lipinski definition) is 1. The molecular weight excluding hydrogens is 475 g/mol. The van der Waals surface area contributed by atoms with Gasteiger partial charge in [0.2, 0.25) is 0 Å². The molecule has 2 atom stereocenters. The van der Waals surface area contributed by atoms with Gasteiger partial charge in [0, 0.05) is 18.7 Å². The van der Waals surface area contributed by atoms with Crippen molar-refractivity contribution >= 4 is 16.8 Å². The smallest absolute Gasteiger partial charge is 0.188 e. The maximum absolute atomic E-state index is 14.6. The summed E-state index contributed by atoms with van der Waals surface area (Å²) in [7, 11) is -1.30. The molecule has 2 unspecified atom stereocenters. The van der Waals surface area contributed by atoms with E-state index in [1.807, 2.05) is 20.8 Å². The lowest BCUT2D eigenvalue weighted by Crippen LogP contribution is -2.38. The highest BCUT2D eigenvalue weighted by Gasteiger charge is 2.41. The summed E-state index contributed by atoms with van der Waals surface area (Å²) in [5, 5.41) is 0. The van der Waals surface area contributed by atoms with Crippen LogP contribution in [0.4, 0.5) is 10.2 Å². The molecule has 196 valence electrons. The third-order valence-electron chi connectivity index (χ3n) is 8.25. The normalized spacial score (nSPS) is 21.8. The molecular formula is C28H39FN4O2S. The molecule has 1 aromatic carbocycles. The lowest BCUT2D eigenvalue weighted by Gasteiger charge is -2.30. The molecule has 1 aliphatic heterocycles. The van der Waals surface area contributed by atoms with Gasteiger partial charge in [0.05, 0.1) is 28.0 Å². The number of anilines is 1. The largest absolute Gasteiger partial charge is 0.451 e. The van der Waals surface area contributed by atoms with E-state index in [1.165, 1.54) is 44.2 Å². The van der Waals surface area contributed by atoms with Crippen LogP contribution in [0.3, 0.4) is 0 Å². The lowest BCUT2D eigenvalue weighted by atomic mass is 9.86. The van der Waals surface area contributed by atoms with Gasteiger partial charge in [0.1, 0.15) is 17.9 Å². The van der Waals surface area contributed by atoms with Crippen LogP contribution in [0.15, 0.2) is 30.7 Å². The van der Waals surface area contributed by atoms with Gasteiger partial charge in [0.15, 0.2) is 11.6 Å². The molecule has 2 saturated carbocycles. The van der Waals surface area contributed by atoms with Gasteiger partial charge in [0.25, 0.3) is 0 Å². The first kappa shape index (κ1) is 25.6. The van der Waals surface area contributed by atoms with Gasteiger partial charge >= 0.3 is 0 Å². The zero-order valence-corrected chi connectivity index (χ0v) is 22.6. The van der Waals surface area contributed by atoms with Crippen molar-refractivity contribution in [2.24, 2.45) is 11.3 Å². The van der Waals surface area contributed by atoms with E-state index in [4.69, 9.17) is 4.74 Å². The van der Waals surface area contributed by atoms with E-state index < -0.39 is 15.7 Å². The Kier molecular flexibility index (Phi) is 7.37. The Morgan fingerprint density at radius 3 is 2.61 bits per heavy atom. The standard InChI is InChI=1S/C28H39FN4O2S/c1-27(2,3)36(34)32-25(20-8-4-5-9-20)22-16-21(29)10-11-23(22)35-24-17-30-19-31-26(24)33-15-14-28(18-33)12-6-7-13-28/h10-11,16-17,19-20,25,32H,4-9,12-15,18H2,1-3H3. The zero-order chi connectivity index (χ0) is 25.3. The van der Waals surface area contributed by atoms with Crippen LogP contribution in [-0.2, 0) is 11.0 Å². The second kappa shape index (κ2) is 10.4. The Morgan fingerprint density at radius 2 is 1.89 bits per heavy atom. The molecule has 0 radical (unpaired) electrons. The number of nitrogens with zero attached hydrogens (tertiary/aromatic N) is 3. The van der Waals surface area contributed by atoms with Crippen LogP contribution >= 0.6 is 0 Å². The van der Waals surface area contributed by atoms with Crippen LogP contribution in [0.1, 0.15) is 90.2 Å². The van der Waals surface area contributed by atoms with Crippen molar-refractivity contribution in [3.05, 3.63) is 42.1 Å². The highest BCUT2D eigenvalue weighted by molar-refractivity contribution is 7.84. The predicted octanol–water partition coefficient (Wildman–Crippen LogP) is 6.46. The molecule has 1 N–H and O–H groups in total. The molecule has 1 aromatic heterocycles. The Bertz CT molecular complexity index is 1090. The van der Waals surface area contributed by atoms with Crippen molar-refractivity contribution < 1.29 is 13.3 Å². The van der Waals surface area contributed by atoms with Gasteiger partial charge in [-0.3, -0.25) is 0 Å². The van der Waals surface area contributed by atoms with Crippen LogP contribution in [-0.4, -0.2) is 32.0 Å². The molecule has 6 nitrogen and oxygen atoms in total. The molecule has 1 saturated heterocycles. The molecule has 0 amide bonds. The van der Waals surface area contributed by atoms with Gasteiger partial charge < -0.3 is 9.64 Å². The minimum absolute atomic E-state index is 0.264. The van der Waals surface area contributed by atoms with E-state index in [9.17, 15) is 8.60 Å². The Balaban J connectivity index is 1.46. The van der Waals surface area contributed by atoms with Crippen LogP contribution in [0.5, 0.6) is 11.5 Å². The number of halogens is 1. The molecule has 2 aliphatic carbocycles. The maximum atomic E-state index is 14.6. The van der Waals surface area contributed by atoms with Crippen molar-refractivity contribution in [3.63, 3.8) is 0 Å². The number of benzene rings is 1. The van der Waals surface area contributed by atoms with E-state index in [0.29, 0.717) is 22.5 Å². The monoisotopic (exact) mass is 514 g/mol. The summed E-state index contributed by atoms with van der Waals surface area (Å²) in [6.45, 7) is 7.80. The first-order valence-electron chi connectivity index (χ1n) is 13.4. The van der Waals surface area contributed by atoms with Crippen LogP contribution in [0.25, 0.3) is 0 Å². The first-order valence-corrected chi connectivity index (χ1v) is 14.6. The van der Waals surface area contributed by atoms with Gasteiger partial charge in [-0.25, -0.2) is 23.3 Å². The molecule has 0 bridgehead atoms.